The van der Waals surface area contributed by atoms with Crippen molar-refractivity contribution in [1.82, 2.24) is 0 Å². The van der Waals surface area contributed by atoms with Gasteiger partial charge in [-0.05, 0) is 31.1 Å². The molecule has 0 spiro atoms. The van der Waals surface area contributed by atoms with Crippen LogP contribution in [0.2, 0.25) is 0 Å². The third-order valence-corrected chi connectivity index (χ3v) is 3.12. The molecule has 68 valence electrons. The summed E-state index contributed by atoms with van der Waals surface area (Å²) in [6, 6.07) is 0. The maximum Gasteiger partial charge on any atom is 0.303 e. The standard InChI is InChI=1S/C9H14O3/c10-9(11)5-6-1-2-8-7(6)3-4-12-8/h6-8H,1-5H2,(H,10,11)/t6?,7-,8+/m0/s1. The van der Waals surface area contributed by atoms with Crippen LogP contribution < -0.4 is 0 Å². The molecule has 1 aliphatic carbocycles. The summed E-state index contributed by atoms with van der Waals surface area (Å²) >= 11 is 0. The first-order chi connectivity index (χ1) is 5.77. The highest BCUT2D eigenvalue weighted by Crippen LogP contribution is 2.41. The molecule has 2 rings (SSSR count). The van der Waals surface area contributed by atoms with Crippen molar-refractivity contribution in [2.24, 2.45) is 11.8 Å². The highest BCUT2D eigenvalue weighted by atomic mass is 16.5. The van der Waals surface area contributed by atoms with Crippen molar-refractivity contribution in [1.29, 1.82) is 0 Å². The number of carbonyl (C=O) groups is 1. The van der Waals surface area contributed by atoms with Crippen molar-refractivity contribution in [2.45, 2.75) is 31.8 Å². The van der Waals surface area contributed by atoms with Crippen LogP contribution in [0.3, 0.4) is 0 Å². The Hall–Kier alpha value is -0.570. The fourth-order valence-corrected chi connectivity index (χ4v) is 2.57. The number of hydrogen-bond donors (Lipinski definition) is 1. The van der Waals surface area contributed by atoms with E-state index in [4.69, 9.17) is 9.84 Å². The number of carboxylic acid groups (broad SMARTS) is 1. The zero-order valence-electron chi connectivity index (χ0n) is 7.03. The van der Waals surface area contributed by atoms with Crippen LogP contribution in [0.5, 0.6) is 0 Å². The van der Waals surface area contributed by atoms with Gasteiger partial charge in [-0.2, -0.15) is 0 Å². The smallest absolute Gasteiger partial charge is 0.303 e. The maximum absolute atomic E-state index is 10.5. The lowest BCUT2D eigenvalue weighted by Crippen LogP contribution is -2.16. The van der Waals surface area contributed by atoms with Gasteiger partial charge >= 0.3 is 5.97 Å². The molecule has 1 N–H and O–H groups in total. The molecule has 1 unspecified atom stereocenters. The second kappa shape index (κ2) is 3.05. The van der Waals surface area contributed by atoms with Crippen molar-refractivity contribution in [3.8, 4) is 0 Å². The Morgan fingerprint density at radius 2 is 2.25 bits per heavy atom. The molecule has 3 atom stereocenters. The first kappa shape index (κ1) is 8.05. The van der Waals surface area contributed by atoms with Crippen LogP contribution in [-0.4, -0.2) is 23.8 Å². The maximum atomic E-state index is 10.5. The van der Waals surface area contributed by atoms with Gasteiger partial charge in [0.25, 0.3) is 0 Å². The quantitative estimate of drug-likeness (QED) is 0.679. The van der Waals surface area contributed by atoms with E-state index >= 15 is 0 Å². The molecule has 1 saturated carbocycles. The Morgan fingerprint density at radius 3 is 3.00 bits per heavy atom. The fraction of sp³-hybridized carbons (Fsp3) is 0.889. The predicted octanol–water partition coefficient (Wildman–Crippen LogP) is 1.28. The molecule has 0 radical (unpaired) electrons. The number of carboxylic acids is 1. The molecule has 2 fully saturated rings. The van der Waals surface area contributed by atoms with Gasteiger partial charge in [-0.25, -0.2) is 0 Å². The molecule has 0 aromatic carbocycles. The average molecular weight is 170 g/mol. The van der Waals surface area contributed by atoms with Crippen LogP contribution in [0.1, 0.15) is 25.7 Å². The molecule has 0 aromatic heterocycles. The molecule has 1 saturated heterocycles. The highest BCUT2D eigenvalue weighted by molar-refractivity contribution is 5.67. The Bertz CT molecular complexity index is 190. The van der Waals surface area contributed by atoms with Crippen molar-refractivity contribution < 1.29 is 14.6 Å². The van der Waals surface area contributed by atoms with Gasteiger partial charge in [0.05, 0.1) is 6.10 Å². The monoisotopic (exact) mass is 170 g/mol. The van der Waals surface area contributed by atoms with Gasteiger partial charge in [-0.15, -0.1) is 0 Å². The van der Waals surface area contributed by atoms with Gasteiger partial charge in [0.15, 0.2) is 0 Å². The molecule has 12 heavy (non-hydrogen) atoms. The second-order valence-electron chi connectivity index (χ2n) is 3.80. The summed E-state index contributed by atoms with van der Waals surface area (Å²) in [4.78, 5) is 10.5. The zero-order chi connectivity index (χ0) is 8.55. The molecular formula is C9H14O3. The summed E-state index contributed by atoms with van der Waals surface area (Å²) in [7, 11) is 0. The second-order valence-corrected chi connectivity index (χ2v) is 3.80. The Balaban J connectivity index is 1.95. The number of fused-ring (bicyclic) bond motifs is 1. The fourth-order valence-electron chi connectivity index (χ4n) is 2.57. The molecule has 0 amide bonds. The van der Waals surface area contributed by atoms with Gasteiger partial charge in [0.2, 0.25) is 0 Å². The van der Waals surface area contributed by atoms with Gasteiger partial charge < -0.3 is 9.84 Å². The Morgan fingerprint density at radius 1 is 1.42 bits per heavy atom. The van der Waals surface area contributed by atoms with E-state index in [1.807, 2.05) is 0 Å². The van der Waals surface area contributed by atoms with Crippen LogP contribution in [0.4, 0.5) is 0 Å². The largest absolute Gasteiger partial charge is 0.481 e. The van der Waals surface area contributed by atoms with E-state index in [1.165, 1.54) is 0 Å². The minimum atomic E-state index is -0.660. The first-order valence-corrected chi connectivity index (χ1v) is 4.61. The van der Waals surface area contributed by atoms with Crippen molar-refractivity contribution in [3.63, 3.8) is 0 Å². The molecule has 1 heterocycles. The summed E-state index contributed by atoms with van der Waals surface area (Å²) in [5, 5.41) is 8.65. The minimum Gasteiger partial charge on any atom is -0.481 e. The van der Waals surface area contributed by atoms with Gasteiger partial charge in [-0.3, -0.25) is 4.79 Å². The number of hydrogen-bond acceptors (Lipinski definition) is 2. The molecule has 2 aliphatic rings. The molecule has 0 aromatic rings. The van der Waals surface area contributed by atoms with Crippen molar-refractivity contribution >= 4 is 5.97 Å². The predicted molar refractivity (Wildman–Crippen MR) is 42.8 cm³/mol. The zero-order valence-corrected chi connectivity index (χ0v) is 7.03. The van der Waals surface area contributed by atoms with Crippen LogP contribution in [0, 0.1) is 11.8 Å². The Kier molecular flexibility index (Phi) is 2.05. The van der Waals surface area contributed by atoms with Crippen molar-refractivity contribution in [3.05, 3.63) is 0 Å². The van der Waals surface area contributed by atoms with E-state index in [-0.39, 0.29) is 0 Å². The molecular weight excluding hydrogens is 156 g/mol. The summed E-state index contributed by atoms with van der Waals surface area (Å²) in [5.74, 6) is 0.267. The van der Waals surface area contributed by atoms with Crippen LogP contribution >= 0.6 is 0 Å². The van der Waals surface area contributed by atoms with Gasteiger partial charge in [0.1, 0.15) is 0 Å². The minimum absolute atomic E-state index is 0.338. The summed E-state index contributed by atoms with van der Waals surface area (Å²) in [5.41, 5.74) is 0. The van der Waals surface area contributed by atoms with Gasteiger partial charge in [0, 0.05) is 13.0 Å². The van der Waals surface area contributed by atoms with Crippen LogP contribution in [0.15, 0.2) is 0 Å². The van der Waals surface area contributed by atoms with E-state index in [9.17, 15) is 4.79 Å². The molecule has 1 aliphatic heterocycles. The SMILES string of the molecule is O=C(O)CC1CC[C@H]2OCC[C@@H]12. The highest BCUT2D eigenvalue weighted by Gasteiger charge is 2.40. The third kappa shape index (κ3) is 1.33. The number of aliphatic carboxylic acids is 1. The van der Waals surface area contributed by atoms with E-state index in [0.29, 0.717) is 24.4 Å². The molecule has 3 heteroatoms. The van der Waals surface area contributed by atoms with E-state index in [1.54, 1.807) is 0 Å². The van der Waals surface area contributed by atoms with Gasteiger partial charge in [-0.1, -0.05) is 0 Å². The molecule has 0 bridgehead atoms. The summed E-state index contributed by atoms with van der Waals surface area (Å²) in [6.45, 7) is 0.839. The lowest BCUT2D eigenvalue weighted by atomic mass is 9.91. The summed E-state index contributed by atoms with van der Waals surface area (Å²) < 4.78 is 5.50. The van der Waals surface area contributed by atoms with Crippen LogP contribution in [0.25, 0.3) is 0 Å². The van der Waals surface area contributed by atoms with Crippen LogP contribution in [-0.2, 0) is 9.53 Å². The third-order valence-electron chi connectivity index (χ3n) is 3.12. The first-order valence-electron chi connectivity index (χ1n) is 4.61. The number of ether oxygens (including phenoxy) is 1. The number of rotatable bonds is 2. The topological polar surface area (TPSA) is 46.5 Å². The lowest BCUT2D eigenvalue weighted by Gasteiger charge is -2.14. The summed E-state index contributed by atoms with van der Waals surface area (Å²) in [6.07, 6.45) is 3.91. The molecule has 3 nitrogen and oxygen atoms in total. The average Bonchev–Trinajstić information content (AvgIpc) is 2.52. The van der Waals surface area contributed by atoms with E-state index < -0.39 is 5.97 Å². The normalized spacial score (nSPS) is 39.8. The van der Waals surface area contributed by atoms with Crippen molar-refractivity contribution in [2.75, 3.05) is 6.61 Å². The van der Waals surface area contributed by atoms with E-state index in [2.05, 4.69) is 0 Å². The lowest BCUT2D eigenvalue weighted by molar-refractivity contribution is -0.138. The Labute approximate surface area is 71.7 Å². The van der Waals surface area contributed by atoms with E-state index in [0.717, 1.165) is 25.9 Å².